The summed E-state index contributed by atoms with van der Waals surface area (Å²) < 4.78 is 3.02. The van der Waals surface area contributed by atoms with Gasteiger partial charge in [-0.15, -0.1) is 0 Å². The number of aliphatic hydroxyl groups is 1. The fraction of sp³-hybridized carbons (Fsp3) is 0.520. The highest BCUT2D eigenvalue weighted by molar-refractivity contribution is 5.75. The van der Waals surface area contributed by atoms with Crippen molar-refractivity contribution in [2.75, 3.05) is 45.2 Å². The lowest BCUT2D eigenvalue weighted by Crippen LogP contribution is -2.51. The van der Waals surface area contributed by atoms with E-state index in [2.05, 4.69) is 26.0 Å². The summed E-state index contributed by atoms with van der Waals surface area (Å²) in [5, 5.41) is 25.1. The van der Waals surface area contributed by atoms with Gasteiger partial charge in [0.1, 0.15) is 11.7 Å². The topological polar surface area (TPSA) is 136 Å². The number of anilines is 1. The van der Waals surface area contributed by atoms with Crippen LogP contribution in [0.15, 0.2) is 35.8 Å². The zero-order chi connectivity index (χ0) is 26.2. The smallest absolute Gasteiger partial charge is 0.319 e. The molecule has 194 valence electrons. The molecule has 3 aromatic heterocycles. The van der Waals surface area contributed by atoms with Gasteiger partial charge in [0.2, 0.25) is 0 Å². The van der Waals surface area contributed by atoms with E-state index in [0.29, 0.717) is 42.7 Å². The molecule has 1 N–H and O–H groups in total. The van der Waals surface area contributed by atoms with Crippen LogP contribution in [0.4, 0.5) is 10.5 Å². The summed E-state index contributed by atoms with van der Waals surface area (Å²) in [5.74, 6) is 0.0972. The van der Waals surface area contributed by atoms with Gasteiger partial charge in [-0.1, -0.05) is 0 Å². The second kappa shape index (κ2) is 9.82. The summed E-state index contributed by atoms with van der Waals surface area (Å²) in [4.78, 5) is 39.8. The Morgan fingerprint density at radius 1 is 1.16 bits per heavy atom. The molecule has 2 saturated heterocycles. The van der Waals surface area contributed by atoms with Crippen molar-refractivity contribution in [3.8, 4) is 11.8 Å². The molecule has 0 radical (unpaired) electrons. The molecular weight excluding hydrogens is 474 g/mol. The number of hydrogen-bond acceptors (Lipinski definition) is 8. The Hall–Kier alpha value is -3.98. The molecule has 2 aliphatic heterocycles. The Bertz CT molecular complexity index is 1390. The fourth-order valence-electron chi connectivity index (χ4n) is 5.09. The molecule has 0 saturated carbocycles. The van der Waals surface area contributed by atoms with Gasteiger partial charge in [-0.2, -0.15) is 10.4 Å². The van der Waals surface area contributed by atoms with Crippen molar-refractivity contribution in [3.63, 3.8) is 0 Å². The number of pyridine rings is 1. The molecule has 0 unspecified atom stereocenters. The molecule has 3 aromatic rings. The van der Waals surface area contributed by atoms with Gasteiger partial charge in [0.05, 0.1) is 48.2 Å². The number of aromatic nitrogens is 5. The number of fused-ring (bicyclic) bond motifs is 1. The number of likely N-dealkylation sites (tertiary alicyclic amines) is 1. The Balaban J connectivity index is 1.34. The first-order valence-electron chi connectivity index (χ1n) is 12.5. The van der Waals surface area contributed by atoms with Crippen LogP contribution in [0.2, 0.25) is 0 Å². The molecule has 5 rings (SSSR count). The second-order valence-electron chi connectivity index (χ2n) is 10.2. The first kappa shape index (κ1) is 24.7. The minimum Gasteiger partial charge on any atom is -0.388 e. The van der Waals surface area contributed by atoms with E-state index in [9.17, 15) is 14.7 Å². The van der Waals surface area contributed by atoms with Gasteiger partial charge in [0.15, 0.2) is 5.65 Å². The van der Waals surface area contributed by atoms with E-state index in [1.54, 1.807) is 36.1 Å². The number of piperidine rings is 2. The minimum absolute atomic E-state index is 0.0834. The van der Waals surface area contributed by atoms with Gasteiger partial charge < -0.3 is 19.8 Å². The molecule has 2 fully saturated rings. The molecule has 0 aliphatic carbocycles. The Kier molecular flexibility index (Phi) is 6.55. The first-order valence-corrected chi connectivity index (χ1v) is 12.5. The lowest BCUT2D eigenvalue weighted by molar-refractivity contribution is -0.0282. The number of carbonyl (C=O) groups is 1. The average molecular weight is 506 g/mol. The summed E-state index contributed by atoms with van der Waals surface area (Å²) >= 11 is 0. The molecule has 0 aromatic carbocycles. The van der Waals surface area contributed by atoms with Crippen LogP contribution in [-0.4, -0.2) is 91.1 Å². The average Bonchev–Trinajstić information content (AvgIpc) is 3.35. The van der Waals surface area contributed by atoms with E-state index in [-0.39, 0.29) is 24.1 Å². The predicted octanol–water partition coefficient (Wildman–Crippen LogP) is 1.23. The quantitative estimate of drug-likeness (QED) is 0.559. The number of nitriles is 1. The molecule has 2 amide bonds. The number of amides is 2. The molecule has 12 heteroatoms. The Morgan fingerprint density at radius 3 is 2.54 bits per heavy atom. The van der Waals surface area contributed by atoms with E-state index in [0.717, 1.165) is 31.6 Å². The van der Waals surface area contributed by atoms with Gasteiger partial charge in [0.25, 0.3) is 5.56 Å². The number of nitrogens with zero attached hydrogens (tertiary/aromatic N) is 9. The van der Waals surface area contributed by atoms with E-state index >= 15 is 0 Å². The zero-order valence-corrected chi connectivity index (χ0v) is 21.1. The summed E-state index contributed by atoms with van der Waals surface area (Å²) in [5.41, 5.74) is 0.666. The largest absolute Gasteiger partial charge is 0.388 e. The lowest BCUT2D eigenvalue weighted by atomic mass is 9.91. The minimum atomic E-state index is -1.10. The summed E-state index contributed by atoms with van der Waals surface area (Å²) in [7, 11) is 3.41. The highest BCUT2D eigenvalue weighted by Gasteiger charge is 2.35. The summed E-state index contributed by atoms with van der Waals surface area (Å²) in [6.07, 6.45) is 8.81. The van der Waals surface area contributed by atoms with Crippen LogP contribution in [0.5, 0.6) is 0 Å². The molecule has 37 heavy (non-hydrogen) atoms. The Labute approximate surface area is 214 Å². The molecular formula is C25H31N9O3. The molecule has 0 bridgehead atoms. The highest BCUT2D eigenvalue weighted by atomic mass is 16.3. The maximum Gasteiger partial charge on any atom is 0.319 e. The van der Waals surface area contributed by atoms with E-state index in [4.69, 9.17) is 5.26 Å². The Morgan fingerprint density at radius 2 is 1.86 bits per heavy atom. The third kappa shape index (κ3) is 4.86. The second-order valence-corrected chi connectivity index (χ2v) is 10.2. The van der Waals surface area contributed by atoms with Gasteiger partial charge >= 0.3 is 6.03 Å². The summed E-state index contributed by atoms with van der Waals surface area (Å²) in [6.45, 7) is 2.52. The third-order valence-corrected chi connectivity index (χ3v) is 7.36. The number of urea groups is 1. The van der Waals surface area contributed by atoms with Crippen molar-refractivity contribution in [3.05, 3.63) is 41.3 Å². The maximum atomic E-state index is 13.3. The van der Waals surface area contributed by atoms with E-state index in [1.165, 1.54) is 22.0 Å². The van der Waals surface area contributed by atoms with Gasteiger partial charge in [-0.3, -0.25) is 14.3 Å². The van der Waals surface area contributed by atoms with Crippen LogP contribution in [-0.2, 0) is 6.54 Å². The van der Waals surface area contributed by atoms with Crippen molar-refractivity contribution in [1.29, 1.82) is 5.26 Å². The van der Waals surface area contributed by atoms with E-state index in [1.807, 2.05) is 6.07 Å². The standard InChI is InChI=1S/C25H31N9O3/c1-30(2)24(36)32-9-5-25(37,6-10-32)16-33-17-28-22-21(23(33)35)15-29-34(22)20-11-19(13-27-14-20)31-7-3-18(12-26)4-8-31/h11,13-15,17-18,37H,3-10,16H2,1-2H3. The van der Waals surface area contributed by atoms with Crippen LogP contribution in [0, 0.1) is 17.2 Å². The maximum absolute atomic E-state index is 13.3. The van der Waals surface area contributed by atoms with Crippen LogP contribution in [0.1, 0.15) is 25.7 Å². The number of rotatable bonds is 4. The molecule has 0 spiro atoms. The van der Waals surface area contributed by atoms with Gasteiger partial charge in [-0.05, 0) is 31.7 Å². The van der Waals surface area contributed by atoms with Crippen molar-refractivity contribution < 1.29 is 9.90 Å². The molecule has 0 atom stereocenters. The zero-order valence-electron chi connectivity index (χ0n) is 21.1. The van der Waals surface area contributed by atoms with Crippen molar-refractivity contribution in [2.24, 2.45) is 5.92 Å². The SMILES string of the molecule is CN(C)C(=O)N1CCC(O)(Cn2cnc3c(cnn3-c3cncc(N4CCC(C#N)CC4)c3)c2=O)CC1. The monoisotopic (exact) mass is 505 g/mol. The number of carbonyl (C=O) groups excluding carboxylic acids is 1. The summed E-state index contributed by atoms with van der Waals surface area (Å²) in [6, 6.07) is 4.23. The third-order valence-electron chi connectivity index (χ3n) is 7.36. The molecule has 12 nitrogen and oxygen atoms in total. The highest BCUT2D eigenvalue weighted by Crippen LogP contribution is 2.26. The van der Waals surface area contributed by atoms with Crippen LogP contribution in [0.25, 0.3) is 16.7 Å². The van der Waals surface area contributed by atoms with Crippen molar-refractivity contribution >= 4 is 22.8 Å². The fourth-order valence-corrected chi connectivity index (χ4v) is 5.09. The van der Waals surface area contributed by atoms with Gasteiger partial charge in [0, 0.05) is 46.2 Å². The molecule has 2 aliphatic rings. The molecule has 5 heterocycles. The first-order chi connectivity index (χ1) is 17.8. The predicted molar refractivity (Wildman–Crippen MR) is 136 cm³/mol. The van der Waals surface area contributed by atoms with Gasteiger partial charge in [-0.25, -0.2) is 14.5 Å². The van der Waals surface area contributed by atoms with E-state index < -0.39 is 5.60 Å². The van der Waals surface area contributed by atoms with Crippen LogP contribution < -0.4 is 10.5 Å². The van der Waals surface area contributed by atoms with Crippen molar-refractivity contribution in [1.82, 2.24) is 34.1 Å². The number of hydrogen-bond donors (Lipinski definition) is 1. The normalized spacial score (nSPS) is 18.1. The van der Waals surface area contributed by atoms with Crippen LogP contribution >= 0.6 is 0 Å². The van der Waals surface area contributed by atoms with Crippen LogP contribution in [0.3, 0.4) is 0 Å². The lowest BCUT2D eigenvalue weighted by Gasteiger charge is -2.39. The van der Waals surface area contributed by atoms with Crippen molar-refractivity contribution in [2.45, 2.75) is 37.8 Å².